The third-order valence-corrected chi connectivity index (χ3v) is 4.58. The molecule has 2 aromatic rings. The average Bonchev–Trinajstić information content (AvgIpc) is 3.08. The number of hydrogen-bond acceptors (Lipinski definition) is 3. The summed E-state index contributed by atoms with van der Waals surface area (Å²) in [6.45, 7) is 8.28. The van der Waals surface area contributed by atoms with Crippen molar-refractivity contribution in [2.45, 2.75) is 26.8 Å². The van der Waals surface area contributed by atoms with Crippen LogP contribution in [0.2, 0.25) is 0 Å². The summed E-state index contributed by atoms with van der Waals surface area (Å²) in [5.41, 5.74) is 11.0. The smallest absolute Gasteiger partial charge is 0.0695 e. The maximum atomic E-state index is 5.89. The molecule has 0 amide bonds. The molecule has 1 fully saturated rings. The summed E-state index contributed by atoms with van der Waals surface area (Å²) in [5.74, 6) is 0. The van der Waals surface area contributed by atoms with Gasteiger partial charge < -0.3 is 5.73 Å². The molecular weight excluding hydrogens is 260 g/mol. The lowest BCUT2D eigenvalue weighted by atomic mass is 9.90. The van der Waals surface area contributed by atoms with Gasteiger partial charge >= 0.3 is 0 Å². The van der Waals surface area contributed by atoms with Crippen LogP contribution in [0.3, 0.4) is 0 Å². The Balaban J connectivity index is 1.76. The summed E-state index contributed by atoms with van der Waals surface area (Å²) >= 11 is 0. The average molecular weight is 284 g/mol. The molecule has 0 aliphatic carbocycles. The Morgan fingerprint density at radius 1 is 1.33 bits per heavy atom. The van der Waals surface area contributed by atoms with E-state index in [1.807, 2.05) is 6.20 Å². The van der Waals surface area contributed by atoms with Gasteiger partial charge in [0.05, 0.1) is 11.9 Å². The van der Waals surface area contributed by atoms with Crippen molar-refractivity contribution in [3.63, 3.8) is 0 Å². The van der Waals surface area contributed by atoms with Gasteiger partial charge in [0, 0.05) is 18.7 Å². The number of aromatic amines is 1. The van der Waals surface area contributed by atoms with Crippen LogP contribution in [-0.2, 0) is 6.54 Å². The molecule has 1 aliphatic rings. The van der Waals surface area contributed by atoms with Crippen molar-refractivity contribution in [2.24, 2.45) is 11.1 Å². The highest BCUT2D eigenvalue weighted by Crippen LogP contribution is 2.31. The Morgan fingerprint density at radius 3 is 2.76 bits per heavy atom. The van der Waals surface area contributed by atoms with Crippen LogP contribution in [-0.4, -0.2) is 34.7 Å². The second kappa shape index (κ2) is 5.62. The summed E-state index contributed by atoms with van der Waals surface area (Å²) in [6.07, 6.45) is 3.13. The molecule has 4 heteroatoms. The highest BCUT2D eigenvalue weighted by atomic mass is 15.2. The highest BCUT2D eigenvalue weighted by molar-refractivity contribution is 5.62. The zero-order chi connectivity index (χ0) is 14.9. The Hall–Kier alpha value is -1.65. The topological polar surface area (TPSA) is 57.9 Å². The van der Waals surface area contributed by atoms with Crippen LogP contribution in [0, 0.1) is 12.3 Å². The predicted molar refractivity (Wildman–Crippen MR) is 85.8 cm³/mol. The first-order chi connectivity index (χ1) is 10.1. The minimum Gasteiger partial charge on any atom is -0.330 e. The molecule has 1 atom stereocenters. The number of nitrogens with two attached hydrogens (primary N) is 1. The van der Waals surface area contributed by atoms with Crippen LogP contribution in [0.15, 0.2) is 30.5 Å². The zero-order valence-corrected chi connectivity index (χ0v) is 12.9. The van der Waals surface area contributed by atoms with Crippen LogP contribution in [0.4, 0.5) is 0 Å². The van der Waals surface area contributed by atoms with Gasteiger partial charge in [0.1, 0.15) is 0 Å². The molecule has 112 valence electrons. The number of aromatic nitrogens is 2. The standard InChI is InChI=1S/C17H24N4/c1-13-3-5-14(6-4-13)16-15(9-19-20-16)10-21-8-7-17(2,11-18)12-21/h3-6,9H,7-8,10-12,18H2,1-2H3,(H,19,20). The number of nitrogens with one attached hydrogen (secondary N) is 1. The van der Waals surface area contributed by atoms with Crippen molar-refractivity contribution >= 4 is 0 Å². The first-order valence-electron chi connectivity index (χ1n) is 7.61. The summed E-state index contributed by atoms with van der Waals surface area (Å²) in [7, 11) is 0. The lowest BCUT2D eigenvalue weighted by Gasteiger charge is -2.22. The molecule has 1 aromatic heterocycles. The van der Waals surface area contributed by atoms with Crippen LogP contribution >= 0.6 is 0 Å². The van der Waals surface area contributed by atoms with E-state index in [4.69, 9.17) is 5.73 Å². The second-order valence-corrected chi connectivity index (χ2v) is 6.61. The molecule has 1 unspecified atom stereocenters. The summed E-state index contributed by atoms with van der Waals surface area (Å²) in [4.78, 5) is 2.48. The van der Waals surface area contributed by atoms with E-state index in [9.17, 15) is 0 Å². The molecule has 1 aliphatic heterocycles. The zero-order valence-electron chi connectivity index (χ0n) is 12.9. The maximum Gasteiger partial charge on any atom is 0.0695 e. The van der Waals surface area contributed by atoms with E-state index in [1.54, 1.807) is 0 Å². The molecule has 1 aromatic carbocycles. The van der Waals surface area contributed by atoms with E-state index in [0.717, 1.165) is 31.9 Å². The largest absolute Gasteiger partial charge is 0.330 e. The van der Waals surface area contributed by atoms with Crippen LogP contribution < -0.4 is 5.73 Å². The SMILES string of the molecule is Cc1ccc(-c2[nH]ncc2CN2CCC(C)(CN)C2)cc1. The summed E-state index contributed by atoms with van der Waals surface area (Å²) in [5, 5.41) is 7.39. The number of likely N-dealkylation sites (tertiary alicyclic amines) is 1. The van der Waals surface area contributed by atoms with Gasteiger partial charge in [0.15, 0.2) is 0 Å². The Morgan fingerprint density at radius 2 is 2.10 bits per heavy atom. The number of H-pyrrole nitrogens is 1. The van der Waals surface area contributed by atoms with Gasteiger partial charge in [-0.05, 0) is 37.4 Å². The van der Waals surface area contributed by atoms with Crippen molar-refractivity contribution in [3.05, 3.63) is 41.6 Å². The predicted octanol–water partition coefficient (Wildman–Crippen LogP) is 2.56. The van der Waals surface area contributed by atoms with Crippen LogP contribution in [0.5, 0.6) is 0 Å². The van der Waals surface area contributed by atoms with Crippen LogP contribution in [0.1, 0.15) is 24.5 Å². The molecule has 21 heavy (non-hydrogen) atoms. The highest BCUT2D eigenvalue weighted by Gasteiger charge is 2.32. The molecule has 0 saturated carbocycles. The van der Waals surface area contributed by atoms with E-state index in [0.29, 0.717) is 0 Å². The molecule has 0 spiro atoms. The maximum absolute atomic E-state index is 5.89. The Labute approximate surface area is 126 Å². The fourth-order valence-corrected chi connectivity index (χ4v) is 3.07. The van der Waals surface area contributed by atoms with Gasteiger partial charge in [0.2, 0.25) is 0 Å². The summed E-state index contributed by atoms with van der Waals surface area (Å²) < 4.78 is 0. The van der Waals surface area contributed by atoms with E-state index in [-0.39, 0.29) is 5.41 Å². The van der Waals surface area contributed by atoms with E-state index >= 15 is 0 Å². The Kier molecular flexibility index (Phi) is 3.83. The third kappa shape index (κ3) is 3.01. The van der Waals surface area contributed by atoms with Crippen molar-refractivity contribution in [1.82, 2.24) is 15.1 Å². The van der Waals surface area contributed by atoms with Gasteiger partial charge in [-0.1, -0.05) is 36.8 Å². The first-order valence-corrected chi connectivity index (χ1v) is 7.61. The number of benzene rings is 1. The van der Waals surface area contributed by atoms with Crippen molar-refractivity contribution < 1.29 is 0 Å². The second-order valence-electron chi connectivity index (χ2n) is 6.61. The fourth-order valence-electron chi connectivity index (χ4n) is 3.07. The lowest BCUT2D eigenvalue weighted by molar-refractivity contribution is 0.275. The quantitative estimate of drug-likeness (QED) is 0.907. The van der Waals surface area contributed by atoms with Gasteiger partial charge in [-0.15, -0.1) is 0 Å². The number of rotatable bonds is 4. The fraction of sp³-hybridized carbons (Fsp3) is 0.471. The van der Waals surface area contributed by atoms with Crippen molar-refractivity contribution in [3.8, 4) is 11.3 Å². The van der Waals surface area contributed by atoms with Crippen molar-refractivity contribution in [2.75, 3.05) is 19.6 Å². The number of hydrogen-bond donors (Lipinski definition) is 2. The van der Waals surface area contributed by atoms with Gasteiger partial charge in [0.25, 0.3) is 0 Å². The molecule has 0 bridgehead atoms. The molecule has 3 rings (SSSR count). The van der Waals surface area contributed by atoms with Gasteiger partial charge in [-0.25, -0.2) is 0 Å². The first kappa shape index (κ1) is 14.3. The molecular formula is C17H24N4. The number of aryl methyl sites for hydroxylation is 1. The molecule has 4 nitrogen and oxygen atoms in total. The molecule has 0 radical (unpaired) electrons. The lowest BCUT2D eigenvalue weighted by Crippen LogP contribution is -2.31. The number of nitrogens with zero attached hydrogens (tertiary/aromatic N) is 2. The molecule has 2 heterocycles. The van der Waals surface area contributed by atoms with Gasteiger partial charge in [-0.2, -0.15) is 5.10 Å². The van der Waals surface area contributed by atoms with Gasteiger partial charge in [-0.3, -0.25) is 10.00 Å². The molecule has 3 N–H and O–H groups in total. The van der Waals surface area contributed by atoms with Crippen molar-refractivity contribution in [1.29, 1.82) is 0 Å². The monoisotopic (exact) mass is 284 g/mol. The third-order valence-electron chi connectivity index (χ3n) is 4.58. The molecule has 1 saturated heterocycles. The van der Waals surface area contributed by atoms with Crippen LogP contribution in [0.25, 0.3) is 11.3 Å². The summed E-state index contributed by atoms with van der Waals surface area (Å²) in [6, 6.07) is 8.59. The Bertz CT molecular complexity index is 602. The minimum absolute atomic E-state index is 0.272. The normalized spacial score (nSPS) is 22.8. The van der Waals surface area contributed by atoms with E-state index in [1.165, 1.54) is 23.1 Å². The minimum atomic E-state index is 0.272. The van der Waals surface area contributed by atoms with E-state index in [2.05, 4.69) is 53.2 Å². The van der Waals surface area contributed by atoms with E-state index < -0.39 is 0 Å².